The Hall–Kier alpha value is -2.99. The van der Waals surface area contributed by atoms with Crippen molar-refractivity contribution in [2.24, 2.45) is 0 Å². The molecule has 4 rings (SSSR count). The first-order chi connectivity index (χ1) is 15.3. The van der Waals surface area contributed by atoms with Crippen LogP contribution in [-0.4, -0.2) is 28.5 Å². The molecule has 0 aliphatic heterocycles. The first-order valence-electron chi connectivity index (χ1n) is 10.8. The lowest BCUT2D eigenvalue weighted by molar-refractivity contribution is -0.116. The third-order valence-electron chi connectivity index (χ3n) is 5.28. The Morgan fingerprint density at radius 2 is 2.03 bits per heavy atom. The van der Waals surface area contributed by atoms with Crippen molar-refractivity contribution >= 4 is 23.3 Å². The van der Waals surface area contributed by atoms with Gasteiger partial charge in [0.25, 0.3) is 0 Å². The highest BCUT2D eigenvalue weighted by atomic mass is 32.1. The van der Waals surface area contributed by atoms with Gasteiger partial charge >= 0.3 is 0 Å². The molecule has 0 unspecified atom stereocenters. The molecule has 160 valence electrons. The molecule has 1 aliphatic rings. The molecule has 31 heavy (non-hydrogen) atoms. The van der Waals surface area contributed by atoms with Crippen molar-refractivity contribution in [2.45, 2.75) is 44.6 Å². The molecule has 1 fully saturated rings. The number of carbonyl (C=O) groups excluding carboxylic acids is 1. The third kappa shape index (κ3) is 6.49. The highest BCUT2D eigenvalue weighted by Gasteiger charge is 2.16. The van der Waals surface area contributed by atoms with Gasteiger partial charge in [-0.25, -0.2) is 4.98 Å². The molecule has 1 aromatic carbocycles. The van der Waals surface area contributed by atoms with Crippen LogP contribution in [0.4, 0.5) is 0 Å². The van der Waals surface area contributed by atoms with Crippen LogP contribution in [0.15, 0.2) is 60.2 Å². The summed E-state index contributed by atoms with van der Waals surface area (Å²) in [5.41, 5.74) is 3.03. The van der Waals surface area contributed by atoms with E-state index in [1.54, 1.807) is 29.8 Å². The van der Waals surface area contributed by atoms with Crippen LogP contribution in [0, 0.1) is 0 Å². The van der Waals surface area contributed by atoms with Crippen molar-refractivity contribution in [1.82, 2.24) is 15.3 Å². The van der Waals surface area contributed by atoms with E-state index in [1.807, 2.05) is 42.5 Å². The number of pyridine rings is 1. The zero-order valence-corrected chi connectivity index (χ0v) is 18.3. The number of aromatic nitrogens is 2. The molecule has 0 radical (unpaired) electrons. The van der Waals surface area contributed by atoms with Crippen LogP contribution in [0.3, 0.4) is 0 Å². The Balaban J connectivity index is 1.19. The Labute approximate surface area is 187 Å². The largest absolute Gasteiger partial charge is 0.490 e. The highest BCUT2D eigenvalue weighted by molar-refractivity contribution is 7.09. The van der Waals surface area contributed by atoms with Gasteiger partial charge < -0.3 is 10.1 Å². The van der Waals surface area contributed by atoms with Gasteiger partial charge in [0.2, 0.25) is 5.91 Å². The summed E-state index contributed by atoms with van der Waals surface area (Å²) in [6.45, 7) is 0.623. The Kier molecular flexibility index (Phi) is 7.45. The second-order valence-electron chi connectivity index (χ2n) is 7.69. The van der Waals surface area contributed by atoms with Gasteiger partial charge in [0.15, 0.2) is 0 Å². The fraction of sp³-hybridized carbons (Fsp3) is 0.320. The number of nitrogens with zero attached hydrogens (tertiary/aromatic N) is 2. The molecule has 2 aromatic heterocycles. The lowest BCUT2D eigenvalue weighted by Crippen LogP contribution is -2.22. The van der Waals surface area contributed by atoms with E-state index in [1.165, 1.54) is 12.8 Å². The minimum atomic E-state index is -0.0845. The maximum absolute atomic E-state index is 12.1. The molecule has 1 aliphatic carbocycles. The van der Waals surface area contributed by atoms with Crippen LogP contribution < -0.4 is 10.1 Å². The van der Waals surface area contributed by atoms with E-state index in [-0.39, 0.29) is 5.91 Å². The van der Waals surface area contributed by atoms with Gasteiger partial charge in [-0.15, -0.1) is 11.3 Å². The molecule has 3 aromatic rings. The maximum Gasteiger partial charge on any atom is 0.243 e. The summed E-state index contributed by atoms with van der Waals surface area (Å²) in [7, 11) is 0. The van der Waals surface area contributed by atoms with Gasteiger partial charge in [0, 0.05) is 42.4 Å². The van der Waals surface area contributed by atoms with Crippen LogP contribution in [0.5, 0.6) is 5.75 Å². The molecule has 0 saturated heterocycles. The van der Waals surface area contributed by atoms with E-state index in [9.17, 15) is 4.79 Å². The third-order valence-corrected chi connectivity index (χ3v) is 6.19. The molecule has 1 saturated carbocycles. The number of hydrogen-bond donors (Lipinski definition) is 1. The van der Waals surface area contributed by atoms with Gasteiger partial charge in [-0.3, -0.25) is 9.78 Å². The SMILES string of the molecule is O=C(C=Cc1cccc(OC2CCCC2)c1)NCCCc1nc(-c2ccncc2)cs1. The molecule has 6 heteroatoms. The second kappa shape index (κ2) is 10.9. The van der Waals surface area contributed by atoms with E-state index in [2.05, 4.69) is 20.7 Å². The number of aryl methyl sites for hydroxylation is 1. The van der Waals surface area contributed by atoms with E-state index >= 15 is 0 Å². The fourth-order valence-electron chi connectivity index (χ4n) is 3.65. The Morgan fingerprint density at radius 1 is 1.19 bits per heavy atom. The van der Waals surface area contributed by atoms with Gasteiger partial charge in [0.1, 0.15) is 5.75 Å². The Bertz CT molecular complexity index is 1010. The first kappa shape index (κ1) is 21.2. The van der Waals surface area contributed by atoms with Gasteiger partial charge in [-0.2, -0.15) is 0 Å². The molecular formula is C25H27N3O2S. The molecule has 2 heterocycles. The summed E-state index contributed by atoms with van der Waals surface area (Å²) in [5.74, 6) is 0.794. The second-order valence-corrected chi connectivity index (χ2v) is 8.63. The average Bonchev–Trinajstić information content (AvgIpc) is 3.49. The average molecular weight is 434 g/mol. The fourth-order valence-corrected chi connectivity index (χ4v) is 4.50. The zero-order chi connectivity index (χ0) is 21.3. The summed E-state index contributed by atoms with van der Waals surface area (Å²) in [6, 6.07) is 11.8. The molecule has 5 nitrogen and oxygen atoms in total. The number of ether oxygens (including phenoxy) is 1. The molecule has 1 N–H and O–H groups in total. The number of thiazole rings is 1. The monoisotopic (exact) mass is 433 g/mol. The predicted octanol–water partition coefficient (Wildman–Crippen LogP) is 5.29. The summed E-state index contributed by atoms with van der Waals surface area (Å²) in [4.78, 5) is 20.8. The van der Waals surface area contributed by atoms with Gasteiger partial charge in [0.05, 0.1) is 16.8 Å². The Morgan fingerprint density at radius 3 is 2.87 bits per heavy atom. The van der Waals surface area contributed by atoms with Crippen molar-refractivity contribution in [2.75, 3.05) is 6.54 Å². The summed E-state index contributed by atoms with van der Waals surface area (Å²) < 4.78 is 6.03. The minimum Gasteiger partial charge on any atom is -0.490 e. The number of rotatable bonds is 9. The number of carbonyl (C=O) groups is 1. The van der Waals surface area contributed by atoms with Crippen LogP contribution in [0.1, 0.15) is 42.7 Å². The maximum atomic E-state index is 12.1. The molecular weight excluding hydrogens is 406 g/mol. The van der Waals surface area contributed by atoms with Crippen molar-refractivity contribution in [3.05, 3.63) is 70.8 Å². The van der Waals surface area contributed by atoms with Crippen LogP contribution in [0.2, 0.25) is 0 Å². The highest BCUT2D eigenvalue weighted by Crippen LogP contribution is 2.25. The van der Waals surface area contributed by atoms with Crippen molar-refractivity contribution in [3.63, 3.8) is 0 Å². The molecule has 1 amide bonds. The molecule has 0 spiro atoms. The lowest BCUT2D eigenvalue weighted by Gasteiger charge is -2.13. The quantitative estimate of drug-likeness (QED) is 0.368. The van der Waals surface area contributed by atoms with Gasteiger partial charge in [-0.05, 0) is 68.0 Å². The number of hydrogen-bond acceptors (Lipinski definition) is 5. The van der Waals surface area contributed by atoms with Crippen molar-refractivity contribution in [1.29, 1.82) is 0 Å². The standard InChI is InChI=1S/C25H27N3O2S/c29-24(11-10-19-5-3-8-22(17-19)30-21-6-1-2-7-21)27-14-4-9-25-28-23(18-31-25)20-12-15-26-16-13-20/h3,5,8,10-13,15-18,21H,1-2,4,6-7,9,14H2,(H,27,29). The van der Waals surface area contributed by atoms with Crippen molar-refractivity contribution < 1.29 is 9.53 Å². The van der Waals surface area contributed by atoms with E-state index < -0.39 is 0 Å². The van der Waals surface area contributed by atoms with E-state index in [0.717, 1.165) is 53.3 Å². The first-order valence-corrected chi connectivity index (χ1v) is 11.7. The van der Waals surface area contributed by atoms with E-state index in [0.29, 0.717) is 12.6 Å². The minimum absolute atomic E-state index is 0.0845. The topological polar surface area (TPSA) is 64.1 Å². The lowest BCUT2D eigenvalue weighted by atomic mass is 10.2. The van der Waals surface area contributed by atoms with Crippen molar-refractivity contribution in [3.8, 4) is 17.0 Å². The zero-order valence-electron chi connectivity index (χ0n) is 17.5. The summed E-state index contributed by atoms with van der Waals surface area (Å²) >= 11 is 1.65. The number of nitrogens with one attached hydrogen (secondary N) is 1. The van der Waals surface area contributed by atoms with Crippen LogP contribution in [0.25, 0.3) is 17.3 Å². The number of amides is 1. The molecule has 0 bridgehead atoms. The van der Waals surface area contributed by atoms with Crippen LogP contribution in [-0.2, 0) is 11.2 Å². The normalized spacial score (nSPS) is 14.2. The summed E-state index contributed by atoms with van der Waals surface area (Å²) in [5, 5.41) is 6.09. The number of benzene rings is 1. The predicted molar refractivity (Wildman–Crippen MR) is 125 cm³/mol. The summed E-state index contributed by atoms with van der Waals surface area (Å²) in [6.07, 6.45) is 13.8. The molecule has 0 atom stereocenters. The smallest absolute Gasteiger partial charge is 0.243 e. The van der Waals surface area contributed by atoms with Crippen LogP contribution >= 0.6 is 11.3 Å². The van der Waals surface area contributed by atoms with E-state index in [4.69, 9.17) is 4.74 Å². The van der Waals surface area contributed by atoms with Gasteiger partial charge in [-0.1, -0.05) is 12.1 Å².